The van der Waals surface area contributed by atoms with Gasteiger partial charge in [-0.25, -0.2) is 0 Å². The maximum Gasteiger partial charge on any atom is 0.272 e. The molecule has 0 radical (unpaired) electrons. The topological polar surface area (TPSA) is 96.0 Å². The van der Waals surface area contributed by atoms with Gasteiger partial charge in [-0.1, -0.05) is 12.1 Å². The van der Waals surface area contributed by atoms with Gasteiger partial charge in [-0.15, -0.1) is 0 Å². The van der Waals surface area contributed by atoms with E-state index in [1.807, 2.05) is 0 Å². The fourth-order valence-electron chi connectivity index (χ4n) is 1.57. The van der Waals surface area contributed by atoms with Crippen LogP contribution in [0.1, 0.15) is 25.0 Å². The van der Waals surface area contributed by atoms with Crippen molar-refractivity contribution in [3.63, 3.8) is 0 Å². The number of carbonyl (C=O) groups is 1. The van der Waals surface area contributed by atoms with E-state index in [-0.39, 0.29) is 17.3 Å². The Bertz CT molecular complexity index is 613. The lowest BCUT2D eigenvalue weighted by molar-refractivity contribution is -0.385. The maximum atomic E-state index is 11.7. The van der Waals surface area contributed by atoms with Crippen molar-refractivity contribution in [1.29, 1.82) is 5.26 Å². The van der Waals surface area contributed by atoms with Gasteiger partial charge in [0.1, 0.15) is 11.6 Å². The van der Waals surface area contributed by atoms with E-state index in [2.05, 4.69) is 5.32 Å². The summed E-state index contributed by atoms with van der Waals surface area (Å²) < 4.78 is 0. The van der Waals surface area contributed by atoms with Gasteiger partial charge in [0.15, 0.2) is 0 Å². The number of hydrogen-bond acceptors (Lipinski definition) is 4. The highest BCUT2D eigenvalue weighted by Gasteiger charge is 2.13. The monoisotopic (exact) mass is 273 g/mol. The molecule has 20 heavy (non-hydrogen) atoms. The molecule has 0 spiro atoms. The first-order valence-corrected chi connectivity index (χ1v) is 6.03. The van der Waals surface area contributed by atoms with Gasteiger partial charge in [-0.05, 0) is 32.4 Å². The van der Waals surface area contributed by atoms with Gasteiger partial charge in [0.25, 0.3) is 11.6 Å². The zero-order valence-corrected chi connectivity index (χ0v) is 11.5. The SMILES string of the molecule is Cc1ccc(/C=C(/C#N)C(=O)NC(C)C)cc1[N+](=O)[O-]. The van der Waals surface area contributed by atoms with Crippen LogP contribution in [0, 0.1) is 28.4 Å². The van der Waals surface area contributed by atoms with Crippen LogP contribution in [-0.4, -0.2) is 16.9 Å². The molecule has 0 unspecified atom stereocenters. The Hall–Kier alpha value is -2.68. The zero-order valence-electron chi connectivity index (χ0n) is 11.5. The smallest absolute Gasteiger partial charge is 0.272 e. The Morgan fingerprint density at radius 1 is 1.50 bits per heavy atom. The highest BCUT2D eigenvalue weighted by Crippen LogP contribution is 2.20. The summed E-state index contributed by atoms with van der Waals surface area (Å²) >= 11 is 0. The summed E-state index contributed by atoms with van der Waals surface area (Å²) in [5.41, 5.74) is 0.840. The quantitative estimate of drug-likeness (QED) is 0.394. The number of nitriles is 1. The molecule has 0 aliphatic rings. The van der Waals surface area contributed by atoms with Crippen LogP contribution < -0.4 is 5.32 Å². The third-order valence-corrected chi connectivity index (χ3v) is 2.53. The van der Waals surface area contributed by atoms with E-state index in [4.69, 9.17) is 5.26 Å². The van der Waals surface area contributed by atoms with Crippen molar-refractivity contribution in [2.75, 3.05) is 0 Å². The number of aryl methyl sites for hydroxylation is 1. The van der Waals surface area contributed by atoms with Crippen molar-refractivity contribution in [2.45, 2.75) is 26.8 Å². The van der Waals surface area contributed by atoms with Crippen LogP contribution >= 0.6 is 0 Å². The van der Waals surface area contributed by atoms with Crippen molar-refractivity contribution in [2.24, 2.45) is 0 Å². The molecule has 0 atom stereocenters. The van der Waals surface area contributed by atoms with E-state index < -0.39 is 10.8 Å². The molecule has 6 heteroatoms. The molecule has 0 bridgehead atoms. The summed E-state index contributed by atoms with van der Waals surface area (Å²) in [4.78, 5) is 22.1. The third-order valence-electron chi connectivity index (χ3n) is 2.53. The first-order chi connectivity index (χ1) is 9.35. The van der Waals surface area contributed by atoms with E-state index >= 15 is 0 Å². The summed E-state index contributed by atoms with van der Waals surface area (Å²) in [5.74, 6) is -0.495. The lowest BCUT2D eigenvalue weighted by Crippen LogP contribution is -2.30. The van der Waals surface area contributed by atoms with Crippen molar-refractivity contribution in [3.8, 4) is 6.07 Å². The Morgan fingerprint density at radius 2 is 2.15 bits per heavy atom. The van der Waals surface area contributed by atoms with E-state index in [1.165, 1.54) is 12.1 Å². The van der Waals surface area contributed by atoms with Gasteiger partial charge in [-0.2, -0.15) is 5.26 Å². The van der Waals surface area contributed by atoms with E-state index in [1.54, 1.807) is 39.0 Å². The van der Waals surface area contributed by atoms with Crippen molar-refractivity contribution >= 4 is 17.7 Å². The molecule has 0 aromatic heterocycles. The minimum Gasteiger partial charge on any atom is -0.349 e. The molecule has 104 valence electrons. The Labute approximate surface area is 116 Å². The lowest BCUT2D eigenvalue weighted by Gasteiger charge is -2.07. The normalized spacial score (nSPS) is 11.1. The summed E-state index contributed by atoms with van der Waals surface area (Å²) in [6.07, 6.45) is 1.34. The number of nitrogens with zero attached hydrogens (tertiary/aromatic N) is 2. The van der Waals surface area contributed by atoms with Gasteiger partial charge < -0.3 is 5.32 Å². The number of benzene rings is 1. The number of hydrogen-bond donors (Lipinski definition) is 1. The van der Waals surface area contributed by atoms with Crippen LogP contribution in [0.5, 0.6) is 0 Å². The fraction of sp³-hybridized carbons (Fsp3) is 0.286. The van der Waals surface area contributed by atoms with Crippen LogP contribution in [-0.2, 0) is 4.79 Å². The van der Waals surface area contributed by atoms with Crippen LogP contribution in [0.15, 0.2) is 23.8 Å². The molecular formula is C14H15N3O3. The highest BCUT2D eigenvalue weighted by molar-refractivity contribution is 6.01. The van der Waals surface area contributed by atoms with Gasteiger partial charge in [0.2, 0.25) is 0 Å². The maximum absolute atomic E-state index is 11.7. The predicted molar refractivity (Wildman–Crippen MR) is 74.7 cm³/mol. The van der Waals surface area contributed by atoms with E-state index in [9.17, 15) is 14.9 Å². The second-order valence-corrected chi connectivity index (χ2v) is 4.60. The molecule has 0 aliphatic heterocycles. The number of amides is 1. The van der Waals surface area contributed by atoms with Gasteiger partial charge >= 0.3 is 0 Å². The summed E-state index contributed by atoms with van der Waals surface area (Å²) in [5, 5.41) is 22.4. The average molecular weight is 273 g/mol. The number of carbonyl (C=O) groups excluding carboxylic acids is 1. The zero-order chi connectivity index (χ0) is 15.3. The Kier molecular flexibility index (Phi) is 4.98. The predicted octanol–water partition coefficient (Wildman–Crippen LogP) is 2.33. The van der Waals surface area contributed by atoms with Gasteiger partial charge in [-0.3, -0.25) is 14.9 Å². The molecule has 0 saturated heterocycles. The standard InChI is InChI=1S/C14H15N3O3/c1-9(2)16-14(18)12(8-15)6-11-5-4-10(3)13(7-11)17(19)20/h4-7,9H,1-3H3,(H,16,18)/b12-6-. The average Bonchev–Trinajstić information content (AvgIpc) is 2.36. The highest BCUT2D eigenvalue weighted by atomic mass is 16.6. The molecule has 0 heterocycles. The lowest BCUT2D eigenvalue weighted by atomic mass is 10.1. The molecule has 1 amide bonds. The van der Waals surface area contributed by atoms with Gasteiger partial charge in [0, 0.05) is 17.7 Å². The molecule has 6 nitrogen and oxygen atoms in total. The first-order valence-electron chi connectivity index (χ1n) is 6.03. The molecule has 1 N–H and O–H groups in total. The number of nitro groups is 1. The molecule has 0 aliphatic carbocycles. The van der Waals surface area contributed by atoms with Gasteiger partial charge in [0.05, 0.1) is 4.92 Å². The fourth-order valence-corrected chi connectivity index (χ4v) is 1.57. The summed E-state index contributed by atoms with van der Waals surface area (Å²) in [6.45, 7) is 5.19. The Morgan fingerprint density at radius 3 is 2.65 bits per heavy atom. The van der Waals surface area contributed by atoms with Crippen LogP contribution in [0.2, 0.25) is 0 Å². The largest absolute Gasteiger partial charge is 0.349 e. The molecular weight excluding hydrogens is 258 g/mol. The number of rotatable bonds is 4. The summed E-state index contributed by atoms with van der Waals surface area (Å²) in [7, 11) is 0. The van der Waals surface area contributed by atoms with Crippen LogP contribution in [0.3, 0.4) is 0 Å². The molecule has 1 rings (SSSR count). The number of nitrogens with one attached hydrogen (secondary N) is 1. The molecule has 1 aromatic carbocycles. The third kappa shape index (κ3) is 3.92. The number of nitro benzene ring substituents is 1. The van der Waals surface area contributed by atoms with Crippen molar-refractivity contribution in [3.05, 3.63) is 45.0 Å². The second-order valence-electron chi connectivity index (χ2n) is 4.60. The first kappa shape index (κ1) is 15.4. The second kappa shape index (κ2) is 6.48. The van der Waals surface area contributed by atoms with E-state index in [0.29, 0.717) is 11.1 Å². The van der Waals surface area contributed by atoms with Crippen molar-refractivity contribution in [1.82, 2.24) is 5.32 Å². The minimum atomic E-state index is -0.495. The Balaban J connectivity index is 3.14. The molecule has 0 saturated carbocycles. The minimum absolute atomic E-state index is 0.0414. The van der Waals surface area contributed by atoms with E-state index in [0.717, 1.165) is 0 Å². The van der Waals surface area contributed by atoms with Crippen molar-refractivity contribution < 1.29 is 9.72 Å². The summed E-state index contributed by atoms with van der Waals surface area (Å²) in [6, 6.07) is 6.26. The molecule has 1 aromatic rings. The molecule has 0 fully saturated rings. The van der Waals surface area contributed by atoms with Crippen LogP contribution in [0.25, 0.3) is 6.08 Å². The van der Waals surface area contributed by atoms with Crippen LogP contribution in [0.4, 0.5) is 5.69 Å².